The van der Waals surface area contributed by atoms with Crippen LogP contribution in [-0.4, -0.2) is 28.5 Å². The van der Waals surface area contributed by atoms with Crippen molar-refractivity contribution in [1.29, 1.82) is 0 Å². The van der Waals surface area contributed by atoms with Crippen molar-refractivity contribution < 1.29 is 9.47 Å². The topological polar surface area (TPSA) is 72.1 Å². The first kappa shape index (κ1) is 12.0. The molecule has 0 fully saturated rings. The Morgan fingerprint density at radius 1 is 1.37 bits per heavy atom. The van der Waals surface area contributed by atoms with E-state index in [-0.39, 0.29) is 6.04 Å². The van der Waals surface area contributed by atoms with Gasteiger partial charge < -0.3 is 14.8 Å². The van der Waals surface area contributed by atoms with Crippen molar-refractivity contribution >= 4 is 0 Å². The normalized spacial score (nSPS) is 14.6. The van der Waals surface area contributed by atoms with E-state index < -0.39 is 0 Å². The van der Waals surface area contributed by atoms with Gasteiger partial charge in [-0.2, -0.15) is 5.10 Å². The van der Waals surface area contributed by atoms with Gasteiger partial charge in [0.05, 0.1) is 0 Å². The van der Waals surface area contributed by atoms with Crippen molar-refractivity contribution in [3.05, 3.63) is 35.9 Å². The first-order valence-corrected chi connectivity index (χ1v) is 6.30. The van der Waals surface area contributed by atoms with E-state index in [2.05, 4.69) is 33.5 Å². The van der Waals surface area contributed by atoms with Gasteiger partial charge in [0, 0.05) is 19.0 Å². The summed E-state index contributed by atoms with van der Waals surface area (Å²) >= 11 is 0. The van der Waals surface area contributed by atoms with E-state index in [1.807, 2.05) is 12.1 Å². The number of nitrogens with one attached hydrogen (secondary N) is 2. The summed E-state index contributed by atoms with van der Waals surface area (Å²) in [5.74, 6) is 2.53. The highest BCUT2D eigenvalue weighted by Gasteiger charge is 2.15. The molecule has 100 valence electrons. The highest BCUT2D eigenvalue weighted by molar-refractivity contribution is 5.45. The SMILES string of the molecule is CC(NCCc1ncn[nH]1)c1ccc2c(c1)OCO2. The van der Waals surface area contributed by atoms with Crippen LogP contribution in [0.1, 0.15) is 24.4 Å². The summed E-state index contributed by atoms with van der Waals surface area (Å²) in [5, 5.41) is 10.1. The standard InChI is InChI=1S/C13H16N4O2/c1-9(14-5-4-13-15-7-16-17-13)10-2-3-11-12(6-10)19-8-18-11/h2-3,6-7,9,14H,4-5,8H2,1H3,(H,15,16,17). The molecule has 0 saturated heterocycles. The average Bonchev–Trinajstić information content (AvgIpc) is 3.08. The molecule has 6 heteroatoms. The zero-order valence-corrected chi connectivity index (χ0v) is 10.7. The lowest BCUT2D eigenvalue weighted by atomic mass is 10.1. The molecule has 0 bridgehead atoms. The van der Waals surface area contributed by atoms with Gasteiger partial charge in [-0.3, -0.25) is 5.10 Å². The van der Waals surface area contributed by atoms with Gasteiger partial charge in [-0.1, -0.05) is 6.07 Å². The molecule has 1 aromatic heterocycles. The monoisotopic (exact) mass is 260 g/mol. The molecule has 0 aliphatic carbocycles. The van der Waals surface area contributed by atoms with Crippen molar-refractivity contribution in [2.24, 2.45) is 0 Å². The van der Waals surface area contributed by atoms with Crippen LogP contribution in [0.5, 0.6) is 11.5 Å². The molecule has 1 aliphatic heterocycles. The second-order valence-corrected chi connectivity index (χ2v) is 4.47. The van der Waals surface area contributed by atoms with Gasteiger partial charge in [0.1, 0.15) is 12.2 Å². The van der Waals surface area contributed by atoms with Crippen molar-refractivity contribution in [2.45, 2.75) is 19.4 Å². The molecule has 3 rings (SSSR count). The van der Waals surface area contributed by atoms with E-state index in [0.29, 0.717) is 6.79 Å². The lowest BCUT2D eigenvalue weighted by Crippen LogP contribution is -2.21. The van der Waals surface area contributed by atoms with Crippen LogP contribution in [0.3, 0.4) is 0 Å². The van der Waals surface area contributed by atoms with Crippen LogP contribution in [0.2, 0.25) is 0 Å². The van der Waals surface area contributed by atoms with Gasteiger partial charge >= 0.3 is 0 Å². The number of aromatic nitrogens is 3. The summed E-state index contributed by atoms with van der Waals surface area (Å²) in [7, 11) is 0. The molecule has 2 N–H and O–H groups in total. The minimum absolute atomic E-state index is 0.248. The molecular formula is C13H16N4O2. The number of benzene rings is 1. The third kappa shape index (κ3) is 2.68. The Morgan fingerprint density at radius 2 is 2.26 bits per heavy atom. The zero-order chi connectivity index (χ0) is 13.1. The molecule has 1 atom stereocenters. The number of fused-ring (bicyclic) bond motifs is 1. The molecule has 0 amide bonds. The molecule has 6 nitrogen and oxygen atoms in total. The Hall–Kier alpha value is -2.08. The fourth-order valence-corrected chi connectivity index (χ4v) is 2.06. The Morgan fingerprint density at radius 3 is 3.11 bits per heavy atom. The fourth-order valence-electron chi connectivity index (χ4n) is 2.06. The lowest BCUT2D eigenvalue weighted by Gasteiger charge is -2.14. The van der Waals surface area contributed by atoms with E-state index in [9.17, 15) is 0 Å². The van der Waals surface area contributed by atoms with Gasteiger partial charge in [0.25, 0.3) is 0 Å². The highest BCUT2D eigenvalue weighted by atomic mass is 16.7. The second kappa shape index (κ2) is 5.27. The van der Waals surface area contributed by atoms with Crippen LogP contribution in [0.4, 0.5) is 0 Å². The van der Waals surface area contributed by atoms with E-state index in [4.69, 9.17) is 9.47 Å². The van der Waals surface area contributed by atoms with E-state index >= 15 is 0 Å². The van der Waals surface area contributed by atoms with Gasteiger partial charge in [-0.05, 0) is 24.6 Å². The number of rotatable bonds is 5. The molecule has 0 radical (unpaired) electrons. The number of ether oxygens (including phenoxy) is 2. The van der Waals surface area contributed by atoms with E-state index in [1.54, 1.807) is 0 Å². The zero-order valence-electron chi connectivity index (χ0n) is 10.7. The first-order valence-electron chi connectivity index (χ1n) is 6.30. The van der Waals surface area contributed by atoms with Crippen LogP contribution in [0.15, 0.2) is 24.5 Å². The molecule has 0 saturated carbocycles. The average molecular weight is 260 g/mol. The van der Waals surface area contributed by atoms with Crippen LogP contribution < -0.4 is 14.8 Å². The predicted octanol–water partition coefficient (Wildman–Crippen LogP) is 1.43. The quantitative estimate of drug-likeness (QED) is 0.850. The molecule has 2 aromatic rings. The number of nitrogens with zero attached hydrogens (tertiary/aromatic N) is 2. The summed E-state index contributed by atoms with van der Waals surface area (Å²) in [4.78, 5) is 4.09. The summed E-state index contributed by atoms with van der Waals surface area (Å²) in [6.45, 7) is 3.27. The summed E-state index contributed by atoms with van der Waals surface area (Å²) < 4.78 is 10.7. The molecule has 0 spiro atoms. The predicted molar refractivity (Wildman–Crippen MR) is 69.1 cm³/mol. The van der Waals surface area contributed by atoms with Crippen LogP contribution in [-0.2, 0) is 6.42 Å². The Labute approximate surface area is 111 Å². The molecule has 1 unspecified atom stereocenters. The third-order valence-electron chi connectivity index (χ3n) is 3.17. The lowest BCUT2D eigenvalue weighted by molar-refractivity contribution is 0.174. The molecule has 2 heterocycles. The Bertz CT molecular complexity index is 542. The van der Waals surface area contributed by atoms with Crippen LogP contribution in [0, 0.1) is 0 Å². The van der Waals surface area contributed by atoms with Gasteiger partial charge in [0.15, 0.2) is 11.5 Å². The van der Waals surface area contributed by atoms with Crippen molar-refractivity contribution in [3.8, 4) is 11.5 Å². The second-order valence-electron chi connectivity index (χ2n) is 4.47. The van der Waals surface area contributed by atoms with E-state index in [1.165, 1.54) is 11.9 Å². The van der Waals surface area contributed by atoms with Crippen molar-refractivity contribution in [2.75, 3.05) is 13.3 Å². The number of H-pyrrole nitrogens is 1. The van der Waals surface area contributed by atoms with Crippen molar-refractivity contribution in [3.63, 3.8) is 0 Å². The molecule has 1 aliphatic rings. The minimum atomic E-state index is 0.248. The molecular weight excluding hydrogens is 244 g/mol. The summed E-state index contributed by atoms with van der Waals surface area (Å²) in [6, 6.07) is 6.28. The summed E-state index contributed by atoms with van der Waals surface area (Å²) in [5.41, 5.74) is 1.18. The van der Waals surface area contributed by atoms with Crippen LogP contribution in [0.25, 0.3) is 0 Å². The maximum absolute atomic E-state index is 5.38. The van der Waals surface area contributed by atoms with Gasteiger partial charge in [-0.15, -0.1) is 0 Å². The molecule has 1 aromatic carbocycles. The van der Waals surface area contributed by atoms with Gasteiger partial charge in [0.2, 0.25) is 6.79 Å². The van der Waals surface area contributed by atoms with E-state index in [0.717, 1.165) is 30.3 Å². The Balaban J connectivity index is 1.56. The number of hydrogen-bond acceptors (Lipinski definition) is 5. The van der Waals surface area contributed by atoms with Crippen molar-refractivity contribution in [1.82, 2.24) is 20.5 Å². The summed E-state index contributed by atoms with van der Waals surface area (Å²) in [6.07, 6.45) is 2.35. The van der Waals surface area contributed by atoms with Crippen LogP contribution >= 0.6 is 0 Å². The Kier molecular flexibility index (Phi) is 3.33. The first-order chi connectivity index (χ1) is 9.33. The smallest absolute Gasteiger partial charge is 0.231 e. The number of aromatic amines is 1. The molecule has 19 heavy (non-hydrogen) atoms. The largest absolute Gasteiger partial charge is 0.454 e. The highest BCUT2D eigenvalue weighted by Crippen LogP contribution is 2.34. The minimum Gasteiger partial charge on any atom is -0.454 e. The number of hydrogen-bond donors (Lipinski definition) is 2. The maximum atomic E-state index is 5.38. The van der Waals surface area contributed by atoms with Gasteiger partial charge in [-0.25, -0.2) is 4.98 Å². The maximum Gasteiger partial charge on any atom is 0.231 e. The third-order valence-corrected chi connectivity index (χ3v) is 3.17. The fraction of sp³-hybridized carbons (Fsp3) is 0.385.